The van der Waals surface area contributed by atoms with E-state index in [9.17, 15) is 4.79 Å². The summed E-state index contributed by atoms with van der Waals surface area (Å²) in [6.45, 7) is 1.88. The lowest BCUT2D eigenvalue weighted by molar-refractivity contribution is 0.0690. The third-order valence-electron chi connectivity index (χ3n) is 2.19. The minimum Gasteiger partial charge on any atom is -0.476 e. The second-order valence-corrected chi connectivity index (χ2v) is 3.46. The summed E-state index contributed by atoms with van der Waals surface area (Å²) in [6.07, 6.45) is 2.78. The Morgan fingerprint density at radius 2 is 2.35 bits per heavy atom. The number of carboxylic acid groups (broad SMARTS) is 1. The molecule has 1 atom stereocenters. The fourth-order valence-corrected chi connectivity index (χ4v) is 1.33. The van der Waals surface area contributed by atoms with Crippen LogP contribution < -0.4 is 5.32 Å². The summed E-state index contributed by atoms with van der Waals surface area (Å²) in [5.74, 6) is -1.12. The molecule has 2 heterocycles. The zero-order chi connectivity index (χ0) is 12.3. The summed E-state index contributed by atoms with van der Waals surface area (Å²) in [6, 6.07) is 5.61. The third kappa shape index (κ3) is 2.60. The molecule has 2 N–H and O–H groups in total. The van der Waals surface area contributed by atoms with Crippen molar-refractivity contribution in [3.05, 3.63) is 42.0 Å². The van der Waals surface area contributed by atoms with E-state index in [4.69, 9.17) is 9.52 Å². The van der Waals surface area contributed by atoms with Crippen LogP contribution in [0.25, 0.3) is 0 Å². The van der Waals surface area contributed by atoms with Crippen molar-refractivity contribution in [1.29, 1.82) is 0 Å². The summed E-state index contributed by atoms with van der Waals surface area (Å²) in [4.78, 5) is 18.5. The van der Waals surface area contributed by atoms with Crippen molar-refractivity contribution >= 4 is 12.0 Å². The van der Waals surface area contributed by atoms with Crippen molar-refractivity contribution in [2.45, 2.75) is 13.0 Å². The van der Waals surface area contributed by atoms with Crippen molar-refractivity contribution in [3.8, 4) is 0 Å². The standard InChI is InChI=1S/C11H11N3O3/c1-7(8-4-2-3-5-12-8)13-11-14-9(6-17-11)10(15)16/h2-7H,1H3,(H,13,14)(H,15,16). The lowest BCUT2D eigenvalue weighted by Crippen LogP contribution is -2.08. The van der Waals surface area contributed by atoms with E-state index >= 15 is 0 Å². The van der Waals surface area contributed by atoms with Crippen molar-refractivity contribution < 1.29 is 14.3 Å². The van der Waals surface area contributed by atoms with Crippen LogP contribution in [0.1, 0.15) is 29.1 Å². The van der Waals surface area contributed by atoms with E-state index in [0.717, 1.165) is 12.0 Å². The number of carboxylic acids is 1. The number of aromatic nitrogens is 2. The van der Waals surface area contributed by atoms with Crippen molar-refractivity contribution in [3.63, 3.8) is 0 Å². The quantitative estimate of drug-likeness (QED) is 0.838. The molecule has 6 nitrogen and oxygen atoms in total. The second kappa shape index (κ2) is 4.65. The molecule has 0 radical (unpaired) electrons. The van der Waals surface area contributed by atoms with Gasteiger partial charge in [0.05, 0.1) is 11.7 Å². The third-order valence-corrected chi connectivity index (χ3v) is 2.19. The van der Waals surface area contributed by atoms with Gasteiger partial charge < -0.3 is 14.8 Å². The van der Waals surface area contributed by atoms with Gasteiger partial charge in [-0.15, -0.1) is 0 Å². The molecule has 2 rings (SSSR count). The highest BCUT2D eigenvalue weighted by Crippen LogP contribution is 2.16. The number of nitrogens with zero attached hydrogens (tertiary/aromatic N) is 2. The van der Waals surface area contributed by atoms with Crippen LogP contribution in [0.3, 0.4) is 0 Å². The first-order chi connectivity index (χ1) is 8.16. The summed E-state index contributed by atoms with van der Waals surface area (Å²) in [5.41, 5.74) is 0.697. The van der Waals surface area contributed by atoms with E-state index in [1.54, 1.807) is 6.20 Å². The van der Waals surface area contributed by atoms with Gasteiger partial charge in [0.1, 0.15) is 6.26 Å². The topological polar surface area (TPSA) is 88.2 Å². The Hall–Kier alpha value is -2.37. The summed E-state index contributed by atoms with van der Waals surface area (Å²) in [5, 5.41) is 11.6. The molecule has 0 aliphatic heterocycles. The van der Waals surface area contributed by atoms with Gasteiger partial charge in [-0.1, -0.05) is 6.07 Å². The molecule has 0 saturated heterocycles. The number of carbonyl (C=O) groups is 1. The molecule has 0 amide bonds. The van der Waals surface area contributed by atoms with Crippen LogP contribution in [0.4, 0.5) is 6.01 Å². The molecule has 0 aliphatic carbocycles. The number of oxazole rings is 1. The van der Waals surface area contributed by atoms with Crippen LogP contribution in [-0.2, 0) is 0 Å². The zero-order valence-corrected chi connectivity index (χ0v) is 9.12. The molecule has 2 aromatic rings. The highest BCUT2D eigenvalue weighted by atomic mass is 16.4. The van der Waals surface area contributed by atoms with Gasteiger partial charge in [0.25, 0.3) is 6.01 Å². The monoisotopic (exact) mass is 233 g/mol. The van der Waals surface area contributed by atoms with Crippen LogP contribution in [0, 0.1) is 0 Å². The normalized spacial score (nSPS) is 12.1. The minimum absolute atomic E-state index is 0.114. The highest BCUT2D eigenvalue weighted by molar-refractivity contribution is 5.85. The molecular weight excluding hydrogens is 222 g/mol. The molecule has 0 spiro atoms. The predicted octanol–water partition coefficient (Wildman–Crippen LogP) is 1.94. The first-order valence-electron chi connectivity index (χ1n) is 5.03. The SMILES string of the molecule is CC(Nc1nc(C(=O)O)co1)c1ccccn1. The van der Waals surface area contributed by atoms with Gasteiger partial charge in [0.15, 0.2) is 5.69 Å². The number of hydrogen-bond acceptors (Lipinski definition) is 5. The lowest BCUT2D eigenvalue weighted by atomic mass is 10.2. The predicted molar refractivity (Wildman–Crippen MR) is 59.7 cm³/mol. The van der Waals surface area contributed by atoms with E-state index in [1.807, 2.05) is 25.1 Å². The van der Waals surface area contributed by atoms with Crippen LogP contribution in [0.15, 0.2) is 35.1 Å². The molecule has 0 saturated carbocycles. The Labute approximate surface area is 97.3 Å². The average molecular weight is 233 g/mol. The van der Waals surface area contributed by atoms with Gasteiger partial charge in [-0.05, 0) is 19.1 Å². The Bertz CT molecular complexity index is 510. The molecule has 0 fully saturated rings. The summed E-state index contributed by atoms with van der Waals surface area (Å²) >= 11 is 0. The minimum atomic E-state index is -1.12. The van der Waals surface area contributed by atoms with Gasteiger partial charge >= 0.3 is 5.97 Å². The maximum atomic E-state index is 10.6. The van der Waals surface area contributed by atoms with Crippen molar-refractivity contribution in [2.24, 2.45) is 0 Å². The average Bonchev–Trinajstić information content (AvgIpc) is 2.79. The van der Waals surface area contributed by atoms with Gasteiger partial charge in [0, 0.05) is 6.20 Å². The van der Waals surface area contributed by atoms with Crippen molar-refractivity contribution in [1.82, 2.24) is 9.97 Å². The van der Waals surface area contributed by atoms with Gasteiger partial charge in [-0.25, -0.2) is 4.79 Å². The number of rotatable bonds is 4. The smallest absolute Gasteiger partial charge is 0.357 e. The van der Waals surface area contributed by atoms with Crippen LogP contribution in [-0.4, -0.2) is 21.0 Å². The van der Waals surface area contributed by atoms with E-state index in [2.05, 4.69) is 15.3 Å². The molecule has 0 bridgehead atoms. The molecule has 2 aromatic heterocycles. The number of nitrogens with one attached hydrogen (secondary N) is 1. The fraction of sp³-hybridized carbons (Fsp3) is 0.182. The van der Waals surface area contributed by atoms with E-state index in [-0.39, 0.29) is 17.8 Å². The maximum Gasteiger partial charge on any atom is 0.357 e. The molecular formula is C11H11N3O3. The van der Waals surface area contributed by atoms with Crippen molar-refractivity contribution in [2.75, 3.05) is 5.32 Å². The Kier molecular flexibility index (Phi) is 3.04. The van der Waals surface area contributed by atoms with Gasteiger partial charge in [-0.2, -0.15) is 4.98 Å². The Morgan fingerprint density at radius 1 is 1.53 bits per heavy atom. The molecule has 17 heavy (non-hydrogen) atoms. The molecule has 6 heteroatoms. The lowest BCUT2D eigenvalue weighted by Gasteiger charge is -2.10. The van der Waals surface area contributed by atoms with Crippen LogP contribution in [0.2, 0.25) is 0 Å². The Morgan fingerprint density at radius 3 is 2.94 bits per heavy atom. The largest absolute Gasteiger partial charge is 0.476 e. The first-order valence-corrected chi connectivity index (χ1v) is 5.03. The van der Waals surface area contributed by atoms with Crippen LogP contribution in [0.5, 0.6) is 0 Å². The summed E-state index contributed by atoms with van der Waals surface area (Å²) in [7, 11) is 0. The molecule has 0 aromatic carbocycles. The Balaban J connectivity index is 2.08. The number of anilines is 1. The first kappa shape index (κ1) is 11.1. The fourth-order valence-electron chi connectivity index (χ4n) is 1.33. The number of pyridine rings is 1. The van der Waals surface area contributed by atoms with E-state index < -0.39 is 5.97 Å². The van der Waals surface area contributed by atoms with Gasteiger partial charge in [-0.3, -0.25) is 4.98 Å². The molecule has 0 aliphatic rings. The number of hydrogen-bond donors (Lipinski definition) is 2. The maximum absolute atomic E-state index is 10.6. The second-order valence-electron chi connectivity index (χ2n) is 3.46. The number of aromatic carboxylic acids is 1. The molecule has 88 valence electrons. The van der Waals surface area contributed by atoms with E-state index in [1.165, 1.54) is 0 Å². The van der Waals surface area contributed by atoms with E-state index in [0.29, 0.717) is 0 Å². The zero-order valence-electron chi connectivity index (χ0n) is 9.12. The highest BCUT2D eigenvalue weighted by Gasteiger charge is 2.13. The van der Waals surface area contributed by atoms with Crippen LogP contribution >= 0.6 is 0 Å². The summed E-state index contributed by atoms with van der Waals surface area (Å²) < 4.78 is 4.99. The molecule has 1 unspecified atom stereocenters. The van der Waals surface area contributed by atoms with Gasteiger partial charge in [0.2, 0.25) is 0 Å².